The first kappa shape index (κ1) is 22.5. The fourth-order valence-electron chi connectivity index (χ4n) is 3.88. The molecule has 2 fully saturated rings. The van der Waals surface area contributed by atoms with E-state index in [1.807, 2.05) is 32.9 Å². The zero-order valence-electron chi connectivity index (χ0n) is 17.8. The second-order valence-electron chi connectivity index (χ2n) is 9.26. The highest BCUT2D eigenvalue weighted by Crippen LogP contribution is 2.39. The standard InChI is InChI=1S/C22H32Cl2N2O3/c1-22(2,3)29-21(27)25(4)13-15-11-16(12-15)28-19-8-7-18(23)17(20(19)24)14-26-9-5-6-10-26/h7-8,15-16H,5-6,9-14H2,1-4H3. The number of amides is 1. The van der Waals surface area contributed by atoms with Crippen molar-refractivity contribution in [1.29, 1.82) is 0 Å². The SMILES string of the molecule is CN(CC1CC(Oc2ccc(Cl)c(CN3CCCC3)c2Cl)C1)C(=O)OC(C)(C)C. The van der Waals surface area contributed by atoms with E-state index in [0.717, 1.165) is 38.0 Å². The molecule has 0 radical (unpaired) electrons. The van der Waals surface area contributed by atoms with Gasteiger partial charge < -0.3 is 14.4 Å². The van der Waals surface area contributed by atoms with Gasteiger partial charge in [0.05, 0.1) is 11.1 Å². The molecule has 1 aromatic carbocycles. The van der Waals surface area contributed by atoms with Crippen LogP contribution < -0.4 is 4.74 Å². The number of hydrogen-bond acceptors (Lipinski definition) is 4. The first-order valence-corrected chi connectivity index (χ1v) is 11.2. The first-order valence-electron chi connectivity index (χ1n) is 10.4. The lowest BCUT2D eigenvalue weighted by atomic mass is 9.82. The van der Waals surface area contributed by atoms with E-state index in [1.165, 1.54) is 12.8 Å². The van der Waals surface area contributed by atoms with E-state index in [0.29, 0.717) is 28.3 Å². The van der Waals surface area contributed by atoms with Gasteiger partial charge in [-0.25, -0.2) is 4.79 Å². The average molecular weight is 443 g/mol. The summed E-state index contributed by atoms with van der Waals surface area (Å²) in [4.78, 5) is 16.1. The maximum absolute atomic E-state index is 12.1. The first-order chi connectivity index (χ1) is 13.6. The summed E-state index contributed by atoms with van der Waals surface area (Å²) < 4.78 is 11.6. The van der Waals surface area contributed by atoms with Crippen LogP contribution in [-0.2, 0) is 11.3 Å². The van der Waals surface area contributed by atoms with E-state index in [2.05, 4.69) is 4.90 Å². The highest BCUT2D eigenvalue weighted by Gasteiger charge is 2.34. The van der Waals surface area contributed by atoms with Crippen LogP contribution in [-0.4, -0.2) is 54.3 Å². The van der Waals surface area contributed by atoms with Gasteiger partial charge in [-0.3, -0.25) is 4.90 Å². The van der Waals surface area contributed by atoms with E-state index >= 15 is 0 Å². The van der Waals surface area contributed by atoms with Crippen LogP contribution in [0.3, 0.4) is 0 Å². The van der Waals surface area contributed by atoms with Gasteiger partial charge in [0.2, 0.25) is 0 Å². The minimum atomic E-state index is -0.477. The van der Waals surface area contributed by atoms with Crippen molar-refractivity contribution in [2.75, 3.05) is 26.7 Å². The highest BCUT2D eigenvalue weighted by atomic mass is 35.5. The summed E-state index contributed by atoms with van der Waals surface area (Å²) in [6.07, 6.45) is 4.08. The van der Waals surface area contributed by atoms with Crippen molar-refractivity contribution < 1.29 is 14.3 Å². The molecular weight excluding hydrogens is 411 g/mol. The lowest BCUT2D eigenvalue weighted by Crippen LogP contribution is -2.43. The fourth-order valence-corrected chi connectivity index (χ4v) is 4.41. The summed E-state index contributed by atoms with van der Waals surface area (Å²) in [5.74, 6) is 1.11. The molecule has 0 aromatic heterocycles. The Labute approximate surface area is 184 Å². The van der Waals surface area contributed by atoms with Crippen molar-refractivity contribution in [3.63, 3.8) is 0 Å². The number of ether oxygens (including phenoxy) is 2. The molecule has 162 valence electrons. The van der Waals surface area contributed by atoms with E-state index < -0.39 is 5.60 Å². The van der Waals surface area contributed by atoms with Crippen molar-refractivity contribution >= 4 is 29.3 Å². The predicted molar refractivity (Wildman–Crippen MR) is 117 cm³/mol. The Morgan fingerprint density at radius 3 is 2.48 bits per heavy atom. The molecular formula is C22H32Cl2N2O3. The number of carbonyl (C=O) groups excluding carboxylic acids is 1. The largest absolute Gasteiger partial charge is 0.489 e. The van der Waals surface area contributed by atoms with Gasteiger partial charge >= 0.3 is 6.09 Å². The van der Waals surface area contributed by atoms with Gasteiger partial charge in [-0.15, -0.1) is 0 Å². The monoisotopic (exact) mass is 442 g/mol. The Bertz CT molecular complexity index is 724. The summed E-state index contributed by atoms with van der Waals surface area (Å²) in [6, 6.07) is 3.74. The molecule has 0 N–H and O–H groups in total. The molecule has 3 rings (SSSR count). The summed E-state index contributed by atoms with van der Waals surface area (Å²) in [5, 5.41) is 1.32. The van der Waals surface area contributed by atoms with Gasteiger partial charge in [-0.1, -0.05) is 23.2 Å². The molecule has 1 saturated carbocycles. The van der Waals surface area contributed by atoms with Gasteiger partial charge in [0.15, 0.2) is 0 Å². The molecule has 7 heteroatoms. The molecule has 0 unspecified atom stereocenters. The molecule has 0 spiro atoms. The minimum absolute atomic E-state index is 0.116. The molecule has 5 nitrogen and oxygen atoms in total. The van der Waals surface area contributed by atoms with Gasteiger partial charge in [0.1, 0.15) is 11.4 Å². The zero-order chi connectivity index (χ0) is 21.2. The fraction of sp³-hybridized carbons (Fsp3) is 0.682. The topological polar surface area (TPSA) is 42.0 Å². The Balaban J connectivity index is 1.50. The third kappa shape index (κ3) is 6.16. The summed E-state index contributed by atoms with van der Waals surface area (Å²) in [7, 11) is 1.78. The molecule has 2 aliphatic rings. The third-order valence-corrected chi connectivity index (χ3v) is 6.22. The van der Waals surface area contributed by atoms with Gasteiger partial charge in [-0.05, 0) is 77.6 Å². The Hall–Kier alpha value is -1.17. The molecule has 1 aromatic rings. The number of hydrogen-bond donors (Lipinski definition) is 0. The van der Waals surface area contributed by atoms with Crippen molar-refractivity contribution in [3.05, 3.63) is 27.7 Å². The lowest BCUT2D eigenvalue weighted by molar-refractivity contribution is 0.0118. The molecule has 0 bridgehead atoms. The minimum Gasteiger partial charge on any atom is -0.489 e. The van der Waals surface area contributed by atoms with Crippen molar-refractivity contribution in [2.45, 2.75) is 64.7 Å². The zero-order valence-corrected chi connectivity index (χ0v) is 19.4. The summed E-state index contributed by atoms with van der Waals surface area (Å²) >= 11 is 13.0. The second-order valence-corrected chi connectivity index (χ2v) is 10.0. The van der Waals surface area contributed by atoms with Crippen LogP contribution in [0.15, 0.2) is 12.1 Å². The molecule has 29 heavy (non-hydrogen) atoms. The third-order valence-electron chi connectivity index (χ3n) is 5.45. The number of rotatable bonds is 6. The van der Waals surface area contributed by atoms with Gasteiger partial charge in [-0.2, -0.15) is 0 Å². The summed E-state index contributed by atoms with van der Waals surface area (Å²) in [6.45, 7) is 9.24. The van der Waals surface area contributed by atoms with E-state index in [-0.39, 0.29) is 12.2 Å². The number of nitrogens with zero attached hydrogens (tertiary/aromatic N) is 2. The second kappa shape index (κ2) is 9.32. The Morgan fingerprint density at radius 2 is 1.86 bits per heavy atom. The molecule has 0 atom stereocenters. The predicted octanol–water partition coefficient (Wildman–Crippen LogP) is 5.61. The van der Waals surface area contributed by atoms with Crippen LogP contribution >= 0.6 is 23.2 Å². The normalized spacial score (nSPS) is 22.3. The van der Waals surface area contributed by atoms with Crippen LogP contribution in [0.2, 0.25) is 10.0 Å². The molecule has 1 amide bonds. The van der Waals surface area contributed by atoms with Crippen LogP contribution in [0.1, 0.15) is 52.0 Å². The van der Waals surface area contributed by atoms with E-state index in [4.69, 9.17) is 32.7 Å². The van der Waals surface area contributed by atoms with Gasteiger partial charge in [0.25, 0.3) is 0 Å². The Morgan fingerprint density at radius 1 is 1.21 bits per heavy atom. The van der Waals surface area contributed by atoms with Crippen molar-refractivity contribution in [2.24, 2.45) is 5.92 Å². The molecule has 1 heterocycles. The summed E-state index contributed by atoms with van der Waals surface area (Å²) in [5.41, 5.74) is 0.475. The molecule has 1 aliphatic heterocycles. The van der Waals surface area contributed by atoms with E-state index in [9.17, 15) is 4.79 Å². The average Bonchev–Trinajstić information content (AvgIpc) is 3.10. The van der Waals surface area contributed by atoms with Crippen LogP contribution in [0.5, 0.6) is 5.75 Å². The van der Waals surface area contributed by atoms with Crippen LogP contribution in [0, 0.1) is 5.92 Å². The number of halogens is 2. The Kier molecular flexibility index (Phi) is 7.23. The number of benzene rings is 1. The smallest absolute Gasteiger partial charge is 0.410 e. The molecule has 1 aliphatic carbocycles. The number of likely N-dealkylation sites (tertiary alicyclic amines) is 1. The van der Waals surface area contributed by atoms with Gasteiger partial charge in [0, 0.05) is 30.7 Å². The quantitative estimate of drug-likeness (QED) is 0.573. The van der Waals surface area contributed by atoms with E-state index in [1.54, 1.807) is 11.9 Å². The maximum atomic E-state index is 12.1. The van der Waals surface area contributed by atoms with Crippen molar-refractivity contribution in [1.82, 2.24) is 9.80 Å². The maximum Gasteiger partial charge on any atom is 0.410 e. The highest BCUT2D eigenvalue weighted by molar-refractivity contribution is 6.36. The van der Waals surface area contributed by atoms with Crippen molar-refractivity contribution in [3.8, 4) is 5.75 Å². The van der Waals surface area contributed by atoms with Crippen LogP contribution in [0.4, 0.5) is 4.79 Å². The lowest BCUT2D eigenvalue weighted by Gasteiger charge is -2.38. The molecule has 1 saturated heterocycles. The number of carbonyl (C=O) groups is 1. The van der Waals surface area contributed by atoms with Crippen LogP contribution in [0.25, 0.3) is 0 Å².